The van der Waals surface area contributed by atoms with Gasteiger partial charge in [-0.25, -0.2) is 4.79 Å². The molecule has 1 fully saturated rings. The van der Waals surface area contributed by atoms with E-state index in [0.717, 1.165) is 32.8 Å². The Hall–Kier alpha value is -2.90. The average molecular weight is 398 g/mol. The highest BCUT2D eigenvalue weighted by molar-refractivity contribution is 5.93. The first kappa shape index (κ1) is 20.8. The minimum absolute atomic E-state index is 0.364. The highest BCUT2D eigenvalue weighted by Crippen LogP contribution is 2.13. The summed E-state index contributed by atoms with van der Waals surface area (Å²) < 4.78 is 15.9. The fraction of sp³-hybridized carbons (Fsp3) is 0.364. The lowest BCUT2D eigenvalue weighted by Gasteiger charge is -2.26. The fourth-order valence-electron chi connectivity index (χ4n) is 2.91. The van der Waals surface area contributed by atoms with E-state index in [9.17, 15) is 9.59 Å². The Labute approximate surface area is 170 Å². The number of para-hydroxylation sites is 1. The third-order valence-corrected chi connectivity index (χ3v) is 4.48. The van der Waals surface area contributed by atoms with Crippen LogP contribution < -0.4 is 10.1 Å². The highest BCUT2D eigenvalue weighted by Gasteiger charge is 2.18. The normalized spacial score (nSPS) is 15.3. The number of morpholine rings is 1. The Bertz CT molecular complexity index is 789. The van der Waals surface area contributed by atoms with Gasteiger partial charge in [-0.3, -0.25) is 9.69 Å². The number of esters is 1. The van der Waals surface area contributed by atoms with E-state index in [1.165, 1.54) is 5.56 Å². The first-order valence-electron chi connectivity index (χ1n) is 9.67. The van der Waals surface area contributed by atoms with Crippen LogP contribution in [-0.2, 0) is 25.6 Å². The summed E-state index contributed by atoms with van der Waals surface area (Å²) in [4.78, 5) is 26.4. The lowest BCUT2D eigenvalue weighted by Crippen LogP contribution is -2.35. The molecule has 1 N–H and O–H groups in total. The SMILES string of the molecule is CC(Oc1ccccc1)C(=O)OCC(=O)Nc1ccc(CN2CCOCC2)cc1. The number of nitrogens with zero attached hydrogens (tertiary/aromatic N) is 1. The largest absolute Gasteiger partial charge is 0.479 e. The van der Waals surface area contributed by atoms with Gasteiger partial charge >= 0.3 is 5.97 Å². The molecule has 29 heavy (non-hydrogen) atoms. The summed E-state index contributed by atoms with van der Waals surface area (Å²) in [6, 6.07) is 16.6. The van der Waals surface area contributed by atoms with Crippen molar-refractivity contribution in [3.05, 3.63) is 60.2 Å². The fourth-order valence-corrected chi connectivity index (χ4v) is 2.91. The summed E-state index contributed by atoms with van der Waals surface area (Å²) in [5.41, 5.74) is 1.83. The molecule has 0 aromatic heterocycles. The number of carbonyl (C=O) groups is 2. The first-order chi connectivity index (χ1) is 14.1. The van der Waals surface area contributed by atoms with Crippen LogP contribution in [0.2, 0.25) is 0 Å². The molecule has 0 aliphatic carbocycles. The second kappa shape index (κ2) is 10.6. The molecule has 1 amide bonds. The number of nitrogens with one attached hydrogen (secondary N) is 1. The Morgan fingerprint density at radius 3 is 2.45 bits per heavy atom. The lowest BCUT2D eigenvalue weighted by molar-refractivity contribution is -0.153. The molecule has 2 aromatic rings. The number of benzene rings is 2. The van der Waals surface area contributed by atoms with Crippen LogP contribution in [0.3, 0.4) is 0 Å². The van der Waals surface area contributed by atoms with Crippen LogP contribution in [0.25, 0.3) is 0 Å². The number of hydrogen-bond donors (Lipinski definition) is 1. The number of amides is 1. The number of carbonyl (C=O) groups excluding carboxylic acids is 2. The number of hydrogen-bond acceptors (Lipinski definition) is 6. The molecule has 1 unspecified atom stereocenters. The highest BCUT2D eigenvalue weighted by atomic mass is 16.6. The molecule has 0 spiro atoms. The van der Waals surface area contributed by atoms with Crippen LogP contribution in [0.15, 0.2) is 54.6 Å². The average Bonchev–Trinajstić information content (AvgIpc) is 2.75. The maximum Gasteiger partial charge on any atom is 0.347 e. The molecule has 7 heteroatoms. The van der Waals surface area contributed by atoms with Crippen molar-refractivity contribution in [2.75, 3.05) is 38.2 Å². The van der Waals surface area contributed by atoms with Crippen molar-refractivity contribution in [2.24, 2.45) is 0 Å². The van der Waals surface area contributed by atoms with Gasteiger partial charge in [-0.2, -0.15) is 0 Å². The van der Waals surface area contributed by atoms with E-state index in [4.69, 9.17) is 14.2 Å². The molecule has 1 saturated heterocycles. The third-order valence-electron chi connectivity index (χ3n) is 4.48. The van der Waals surface area contributed by atoms with Gasteiger partial charge in [-0.1, -0.05) is 30.3 Å². The van der Waals surface area contributed by atoms with Crippen LogP contribution in [0.1, 0.15) is 12.5 Å². The smallest absolute Gasteiger partial charge is 0.347 e. The van der Waals surface area contributed by atoms with E-state index >= 15 is 0 Å². The minimum Gasteiger partial charge on any atom is -0.479 e. The standard InChI is InChI=1S/C22H26N2O5/c1-17(29-20-5-3-2-4-6-20)22(26)28-16-21(25)23-19-9-7-18(8-10-19)15-24-11-13-27-14-12-24/h2-10,17H,11-16H2,1H3,(H,23,25). The molecular formula is C22H26N2O5. The Kier molecular flexibility index (Phi) is 7.61. The van der Waals surface area contributed by atoms with Crippen LogP contribution in [0, 0.1) is 0 Å². The summed E-state index contributed by atoms with van der Waals surface area (Å²) in [7, 11) is 0. The Morgan fingerprint density at radius 1 is 1.07 bits per heavy atom. The molecule has 1 atom stereocenters. The second-order valence-corrected chi connectivity index (χ2v) is 6.81. The van der Waals surface area contributed by atoms with Crippen molar-refractivity contribution in [3.8, 4) is 5.75 Å². The van der Waals surface area contributed by atoms with E-state index in [-0.39, 0.29) is 6.61 Å². The van der Waals surface area contributed by atoms with Gasteiger partial charge < -0.3 is 19.5 Å². The zero-order chi connectivity index (χ0) is 20.5. The predicted molar refractivity (Wildman–Crippen MR) is 109 cm³/mol. The molecular weight excluding hydrogens is 372 g/mol. The number of rotatable bonds is 8. The second-order valence-electron chi connectivity index (χ2n) is 6.81. The number of anilines is 1. The van der Waals surface area contributed by atoms with Crippen LogP contribution >= 0.6 is 0 Å². The summed E-state index contributed by atoms with van der Waals surface area (Å²) in [5, 5.41) is 2.73. The topological polar surface area (TPSA) is 77.1 Å². The Balaban J connectivity index is 1.40. The number of ether oxygens (including phenoxy) is 3. The van der Waals surface area contributed by atoms with Crippen molar-refractivity contribution in [3.63, 3.8) is 0 Å². The van der Waals surface area contributed by atoms with Crippen molar-refractivity contribution in [1.29, 1.82) is 0 Å². The molecule has 1 aliphatic heterocycles. The van der Waals surface area contributed by atoms with Crippen molar-refractivity contribution in [2.45, 2.75) is 19.6 Å². The quantitative estimate of drug-likeness (QED) is 0.689. The van der Waals surface area contributed by atoms with Gasteiger partial charge in [-0.05, 0) is 36.8 Å². The first-order valence-corrected chi connectivity index (χ1v) is 9.67. The predicted octanol–water partition coefficient (Wildman–Crippen LogP) is 2.47. The summed E-state index contributed by atoms with van der Waals surface area (Å²) in [6.45, 7) is 5.46. The molecule has 3 rings (SSSR count). The van der Waals surface area contributed by atoms with Gasteiger partial charge in [0.2, 0.25) is 0 Å². The van der Waals surface area contributed by atoms with Crippen molar-refractivity contribution in [1.82, 2.24) is 4.90 Å². The van der Waals surface area contributed by atoms with Gasteiger partial charge in [0.1, 0.15) is 5.75 Å². The van der Waals surface area contributed by atoms with Crippen molar-refractivity contribution >= 4 is 17.6 Å². The summed E-state index contributed by atoms with van der Waals surface area (Å²) in [6.07, 6.45) is -0.801. The van der Waals surface area contributed by atoms with Gasteiger partial charge in [0.05, 0.1) is 13.2 Å². The zero-order valence-electron chi connectivity index (χ0n) is 16.5. The monoisotopic (exact) mass is 398 g/mol. The molecule has 0 bridgehead atoms. The maximum atomic E-state index is 12.0. The lowest BCUT2D eigenvalue weighted by atomic mass is 10.2. The van der Waals surface area contributed by atoms with E-state index < -0.39 is 18.0 Å². The minimum atomic E-state index is -0.801. The van der Waals surface area contributed by atoms with E-state index in [0.29, 0.717) is 11.4 Å². The third kappa shape index (κ3) is 6.89. The summed E-state index contributed by atoms with van der Waals surface area (Å²) in [5.74, 6) is -0.422. The van der Waals surface area contributed by atoms with Gasteiger partial charge in [-0.15, -0.1) is 0 Å². The van der Waals surface area contributed by atoms with Gasteiger partial charge in [0.15, 0.2) is 12.7 Å². The van der Waals surface area contributed by atoms with E-state index in [1.54, 1.807) is 19.1 Å². The summed E-state index contributed by atoms with van der Waals surface area (Å²) >= 11 is 0. The van der Waals surface area contributed by atoms with Crippen LogP contribution in [0.4, 0.5) is 5.69 Å². The van der Waals surface area contributed by atoms with E-state index in [1.807, 2.05) is 42.5 Å². The maximum absolute atomic E-state index is 12.0. The van der Waals surface area contributed by atoms with Gasteiger partial charge in [0.25, 0.3) is 5.91 Å². The Morgan fingerprint density at radius 2 is 1.76 bits per heavy atom. The molecule has 1 aliphatic rings. The molecule has 154 valence electrons. The van der Waals surface area contributed by atoms with Crippen LogP contribution in [0.5, 0.6) is 5.75 Å². The van der Waals surface area contributed by atoms with E-state index in [2.05, 4.69) is 10.2 Å². The van der Waals surface area contributed by atoms with Gasteiger partial charge in [0, 0.05) is 25.3 Å². The molecule has 1 heterocycles. The zero-order valence-corrected chi connectivity index (χ0v) is 16.5. The molecule has 0 radical (unpaired) electrons. The molecule has 0 saturated carbocycles. The molecule has 7 nitrogen and oxygen atoms in total. The molecule has 2 aromatic carbocycles. The van der Waals surface area contributed by atoms with Crippen molar-refractivity contribution < 1.29 is 23.8 Å². The van der Waals surface area contributed by atoms with Crippen LogP contribution in [-0.4, -0.2) is 55.8 Å².